The zero-order valence-corrected chi connectivity index (χ0v) is 19.0. The third kappa shape index (κ3) is 5.26. The Bertz CT molecular complexity index is 1000. The van der Waals surface area contributed by atoms with Gasteiger partial charge in [0, 0.05) is 10.6 Å². The van der Waals surface area contributed by atoms with Crippen molar-refractivity contribution in [3.05, 3.63) is 61.7 Å². The van der Waals surface area contributed by atoms with Crippen molar-refractivity contribution in [1.29, 1.82) is 0 Å². The van der Waals surface area contributed by atoms with Crippen molar-refractivity contribution in [1.82, 2.24) is 10.6 Å². The molecular formula is C20H16ClIN2O4S. The number of nitrogens with one attached hydrogen (secondary N) is 2. The fraction of sp³-hybridized carbons (Fsp3) is 0.150. The van der Waals surface area contributed by atoms with Crippen molar-refractivity contribution < 1.29 is 19.1 Å². The molecule has 2 aromatic carbocycles. The fourth-order valence-corrected chi connectivity index (χ4v) is 3.77. The highest BCUT2D eigenvalue weighted by molar-refractivity contribution is 14.1. The zero-order chi connectivity index (χ0) is 21.0. The summed E-state index contributed by atoms with van der Waals surface area (Å²) < 4.78 is 12.5. The normalized spacial score (nSPS) is 13.6. The van der Waals surface area contributed by atoms with Crippen molar-refractivity contribution in [2.45, 2.75) is 13.5 Å². The predicted octanol–water partition coefficient (Wildman–Crippen LogP) is 3.84. The Kier molecular flexibility index (Phi) is 7.09. The number of amides is 2. The molecule has 1 aliphatic heterocycles. The van der Waals surface area contributed by atoms with E-state index >= 15 is 0 Å². The van der Waals surface area contributed by atoms with E-state index in [2.05, 4.69) is 33.2 Å². The number of rotatable bonds is 6. The highest BCUT2D eigenvalue weighted by Gasteiger charge is 2.26. The third-order valence-electron chi connectivity index (χ3n) is 3.92. The van der Waals surface area contributed by atoms with Crippen molar-refractivity contribution in [3.8, 4) is 11.5 Å². The Labute approximate surface area is 191 Å². The Balaban J connectivity index is 1.91. The molecule has 1 saturated heterocycles. The number of hydrogen-bond donors (Lipinski definition) is 2. The summed E-state index contributed by atoms with van der Waals surface area (Å²) in [6.07, 6.45) is 1.48. The topological polar surface area (TPSA) is 76.7 Å². The van der Waals surface area contributed by atoms with Gasteiger partial charge in [-0.15, -0.1) is 0 Å². The van der Waals surface area contributed by atoms with Gasteiger partial charge in [-0.3, -0.25) is 20.2 Å². The lowest BCUT2D eigenvalue weighted by molar-refractivity contribution is -0.123. The van der Waals surface area contributed by atoms with Gasteiger partial charge in [0.15, 0.2) is 16.6 Å². The summed E-state index contributed by atoms with van der Waals surface area (Å²) in [4.78, 5) is 24.2. The average molecular weight is 543 g/mol. The van der Waals surface area contributed by atoms with Crippen LogP contribution >= 0.6 is 46.4 Å². The monoisotopic (exact) mass is 542 g/mol. The summed E-state index contributed by atoms with van der Waals surface area (Å²) in [6.45, 7) is 2.56. The van der Waals surface area contributed by atoms with Crippen molar-refractivity contribution in [3.63, 3.8) is 0 Å². The molecule has 0 atom stereocenters. The molecule has 2 aromatic rings. The van der Waals surface area contributed by atoms with Gasteiger partial charge in [-0.25, -0.2) is 0 Å². The first-order chi connectivity index (χ1) is 13.9. The average Bonchev–Trinajstić information content (AvgIpc) is 2.65. The van der Waals surface area contributed by atoms with Crippen LogP contribution in [-0.4, -0.2) is 23.5 Å². The molecule has 1 fully saturated rings. The molecule has 0 aromatic heterocycles. The molecule has 0 unspecified atom stereocenters. The molecule has 0 spiro atoms. The lowest BCUT2D eigenvalue weighted by Gasteiger charge is -2.17. The van der Waals surface area contributed by atoms with Crippen LogP contribution in [0.3, 0.4) is 0 Å². The Morgan fingerprint density at radius 2 is 1.83 bits per heavy atom. The molecule has 6 nitrogen and oxygen atoms in total. The van der Waals surface area contributed by atoms with E-state index in [0.29, 0.717) is 28.7 Å². The van der Waals surface area contributed by atoms with Gasteiger partial charge < -0.3 is 9.47 Å². The predicted molar refractivity (Wildman–Crippen MR) is 123 cm³/mol. The second-order valence-electron chi connectivity index (χ2n) is 5.94. The number of thiocarbonyl (C=S) groups is 1. The van der Waals surface area contributed by atoms with E-state index in [1.165, 1.54) is 6.08 Å². The summed E-state index contributed by atoms with van der Waals surface area (Å²) in [5.74, 6) is -0.0322. The molecule has 29 heavy (non-hydrogen) atoms. The summed E-state index contributed by atoms with van der Waals surface area (Å²) in [5, 5.41) is 5.43. The quantitative estimate of drug-likeness (QED) is 0.251. The van der Waals surface area contributed by atoms with E-state index in [9.17, 15) is 9.59 Å². The standard InChI is InChI=1S/C20H16ClIN2O4S/c1-2-27-16-9-11(7-13-18(25)23-20(29)24-19(13)26)8-15(22)17(16)28-10-12-5-3-4-6-14(12)21/h3-9H,2,10H2,1H3,(H2,23,24,25,26,29). The fourth-order valence-electron chi connectivity index (χ4n) is 2.61. The molecule has 2 N–H and O–H groups in total. The van der Waals surface area contributed by atoms with Gasteiger partial charge in [-0.05, 0) is 71.6 Å². The van der Waals surface area contributed by atoms with Crippen molar-refractivity contribution in [2.75, 3.05) is 6.61 Å². The van der Waals surface area contributed by atoms with Crippen molar-refractivity contribution >= 4 is 69.4 Å². The van der Waals surface area contributed by atoms with E-state index in [4.69, 9.17) is 33.3 Å². The van der Waals surface area contributed by atoms with E-state index in [1.807, 2.05) is 25.1 Å². The van der Waals surface area contributed by atoms with Gasteiger partial charge in [0.05, 0.1) is 10.2 Å². The first kappa shape index (κ1) is 21.5. The number of carbonyl (C=O) groups excluding carboxylic acids is 2. The molecule has 2 amide bonds. The molecule has 9 heteroatoms. The first-order valence-electron chi connectivity index (χ1n) is 8.60. The van der Waals surface area contributed by atoms with Gasteiger partial charge in [0.2, 0.25) is 0 Å². The van der Waals surface area contributed by atoms with Crippen LogP contribution in [0.4, 0.5) is 0 Å². The Morgan fingerprint density at radius 3 is 2.48 bits per heavy atom. The number of halogens is 2. The minimum Gasteiger partial charge on any atom is -0.490 e. The molecule has 0 saturated carbocycles. The highest BCUT2D eigenvalue weighted by Crippen LogP contribution is 2.36. The molecule has 1 heterocycles. The summed E-state index contributed by atoms with van der Waals surface area (Å²) in [6, 6.07) is 10.9. The van der Waals surface area contributed by atoms with Crippen LogP contribution in [0.1, 0.15) is 18.1 Å². The molecular weight excluding hydrogens is 527 g/mol. The van der Waals surface area contributed by atoms with Crippen LogP contribution in [0.2, 0.25) is 5.02 Å². The smallest absolute Gasteiger partial charge is 0.263 e. The second-order valence-corrected chi connectivity index (χ2v) is 7.92. The SMILES string of the molecule is CCOc1cc(C=C2C(=O)NC(=S)NC2=O)cc(I)c1OCc1ccccc1Cl. The zero-order valence-electron chi connectivity index (χ0n) is 15.3. The van der Waals surface area contributed by atoms with E-state index < -0.39 is 11.8 Å². The van der Waals surface area contributed by atoms with Gasteiger partial charge in [-0.2, -0.15) is 0 Å². The largest absolute Gasteiger partial charge is 0.490 e. The summed E-state index contributed by atoms with van der Waals surface area (Å²) in [7, 11) is 0. The highest BCUT2D eigenvalue weighted by atomic mass is 127. The maximum atomic E-state index is 12.1. The van der Waals surface area contributed by atoms with Crippen LogP contribution < -0.4 is 20.1 Å². The van der Waals surface area contributed by atoms with Gasteiger partial charge in [0.25, 0.3) is 11.8 Å². The Hall–Kier alpha value is -2.17. The maximum absolute atomic E-state index is 12.1. The molecule has 3 rings (SSSR count). The van der Waals surface area contributed by atoms with E-state index in [-0.39, 0.29) is 17.3 Å². The number of carbonyl (C=O) groups is 2. The second kappa shape index (κ2) is 9.55. The molecule has 0 radical (unpaired) electrons. The van der Waals surface area contributed by atoms with Crippen LogP contribution in [-0.2, 0) is 16.2 Å². The lowest BCUT2D eigenvalue weighted by atomic mass is 10.1. The van der Waals surface area contributed by atoms with E-state index in [0.717, 1.165) is 9.13 Å². The molecule has 0 aliphatic carbocycles. The number of ether oxygens (including phenoxy) is 2. The minimum atomic E-state index is -0.550. The summed E-state index contributed by atoms with van der Waals surface area (Å²) >= 11 is 13.1. The third-order valence-corrected chi connectivity index (χ3v) is 5.29. The van der Waals surface area contributed by atoms with Crippen molar-refractivity contribution in [2.24, 2.45) is 0 Å². The first-order valence-corrected chi connectivity index (χ1v) is 10.5. The number of benzene rings is 2. The lowest BCUT2D eigenvalue weighted by Crippen LogP contribution is -2.51. The summed E-state index contributed by atoms with van der Waals surface area (Å²) in [5.41, 5.74) is 1.43. The van der Waals surface area contributed by atoms with Crippen LogP contribution in [0.5, 0.6) is 11.5 Å². The van der Waals surface area contributed by atoms with Gasteiger partial charge in [0.1, 0.15) is 12.2 Å². The van der Waals surface area contributed by atoms with Crippen LogP contribution in [0.15, 0.2) is 42.0 Å². The van der Waals surface area contributed by atoms with E-state index in [1.54, 1.807) is 18.2 Å². The molecule has 1 aliphatic rings. The molecule has 150 valence electrons. The van der Waals surface area contributed by atoms with Gasteiger partial charge >= 0.3 is 0 Å². The van der Waals surface area contributed by atoms with Crippen LogP contribution in [0, 0.1) is 3.57 Å². The maximum Gasteiger partial charge on any atom is 0.263 e. The number of hydrogen-bond acceptors (Lipinski definition) is 5. The van der Waals surface area contributed by atoms with Gasteiger partial charge in [-0.1, -0.05) is 29.8 Å². The molecule has 0 bridgehead atoms. The van der Waals surface area contributed by atoms with Crippen LogP contribution in [0.25, 0.3) is 6.08 Å². The Morgan fingerprint density at radius 1 is 1.14 bits per heavy atom. The minimum absolute atomic E-state index is 0.00921.